The quantitative estimate of drug-likeness (QED) is 0.790. The molecule has 118 valence electrons. The molecular weight excluding hydrogens is 288 g/mol. The van der Waals surface area contributed by atoms with Crippen LogP contribution in [0.25, 0.3) is 0 Å². The highest BCUT2D eigenvalue weighted by atomic mass is 32.2. The Morgan fingerprint density at radius 1 is 1.38 bits per heavy atom. The van der Waals surface area contributed by atoms with Crippen molar-refractivity contribution in [3.05, 3.63) is 29.3 Å². The molecular formula is C15H24N2O3S. The predicted molar refractivity (Wildman–Crippen MR) is 82.7 cm³/mol. The van der Waals surface area contributed by atoms with Crippen LogP contribution in [-0.2, 0) is 21.3 Å². The first kappa shape index (κ1) is 16.4. The predicted octanol–water partition coefficient (Wildman–Crippen LogP) is 1.51. The Hall–Kier alpha value is -0.950. The molecule has 0 aliphatic heterocycles. The molecule has 0 aromatic heterocycles. The molecule has 1 aromatic rings. The first-order valence-electron chi connectivity index (χ1n) is 7.25. The first-order valence-corrected chi connectivity index (χ1v) is 8.69. The summed E-state index contributed by atoms with van der Waals surface area (Å²) >= 11 is 0. The fourth-order valence-electron chi connectivity index (χ4n) is 2.37. The van der Waals surface area contributed by atoms with Crippen LogP contribution in [0.4, 0.5) is 0 Å². The third kappa shape index (κ3) is 3.83. The fraction of sp³-hybridized carbons (Fsp3) is 0.600. The van der Waals surface area contributed by atoms with Crippen molar-refractivity contribution in [2.45, 2.75) is 37.2 Å². The van der Waals surface area contributed by atoms with Crippen LogP contribution in [0.1, 0.15) is 24.0 Å². The third-order valence-corrected chi connectivity index (χ3v) is 5.71. The second-order valence-electron chi connectivity index (χ2n) is 5.46. The SMILES string of the molecule is CNCc1cc(S(=O)(=O)N(CCOC)C2CC2)ccc1C. The average molecular weight is 312 g/mol. The van der Waals surface area contributed by atoms with Crippen LogP contribution in [0.5, 0.6) is 0 Å². The highest BCUT2D eigenvalue weighted by Gasteiger charge is 2.37. The van der Waals surface area contributed by atoms with Crippen LogP contribution in [0.2, 0.25) is 0 Å². The largest absolute Gasteiger partial charge is 0.383 e. The molecule has 1 saturated carbocycles. The van der Waals surface area contributed by atoms with Gasteiger partial charge in [-0.1, -0.05) is 6.07 Å². The lowest BCUT2D eigenvalue weighted by molar-refractivity contribution is 0.177. The van der Waals surface area contributed by atoms with Gasteiger partial charge in [0, 0.05) is 26.2 Å². The minimum absolute atomic E-state index is 0.138. The van der Waals surface area contributed by atoms with Gasteiger partial charge in [-0.15, -0.1) is 0 Å². The third-order valence-electron chi connectivity index (χ3n) is 3.76. The number of nitrogens with one attached hydrogen (secondary N) is 1. The Labute approximate surface area is 127 Å². The van der Waals surface area contributed by atoms with Gasteiger partial charge < -0.3 is 10.1 Å². The van der Waals surface area contributed by atoms with Crippen molar-refractivity contribution in [1.29, 1.82) is 0 Å². The molecule has 1 aromatic carbocycles. The molecule has 1 fully saturated rings. The summed E-state index contributed by atoms with van der Waals surface area (Å²) in [4.78, 5) is 0.376. The van der Waals surface area contributed by atoms with Gasteiger partial charge in [0.1, 0.15) is 0 Å². The molecule has 0 heterocycles. The van der Waals surface area contributed by atoms with Gasteiger partial charge in [0.2, 0.25) is 10.0 Å². The molecule has 5 nitrogen and oxygen atoms in total. The number of hydrogen-bond acceptors (Lipinski definition) is 4. The van der Waals surface area contributed by atoms with Gasteiger partial charge in [0.25, 0.3) is 0 Å². The molecule has 1 aliphatic carbocycles. The fourth-order valence-corrected chi connectivity index (χ4v) is 4.09. The zero-order valence-electron chi connectivity index (χ0n) is 12.9. The summed E-state index contributed by atoms with van der Waals surface area (Å²) in [7, 11) is 0.00662. The van der Waals surface area contributed by atoms with E-state index in [-0.39, 0.29) is 6.04 Å². The molecule has 0 bridgehead atoms. The van der Waals surface area contributed by atoms with Gasteiger partial charge in [-0.05, 0) is 50.1 Å². The van der Waals surface area contributed by atoms with E-state index in [4.69, 9.17) is 4.74 Å². The summed E-state index contributed by atoms with van der Waals surface area (Å²) in [5.74, 6) is 0. The lowest BCUT2D eigenvalue weighted by atomic mass is 10.1. The Morgan fingerprint density at radius 3 is 2.67 bits per heavy atom. The van der Waals surface area contributed by atoms with E-state index < -0.39 is 10.0 Å². The average Bonchev–Trinajstić information content (AvgIpc) is 3.26. The lowest BCUT2D eigenvalue weighted by Crippen LogP contribution is -2.35. The van der Waals surface area contributed by atoms with E-state index in [9.17, 15) is 8.42 Å². The van der Waals surface area contributed by atoms with Gasteiger partial charge in [-0.3, -0.25) is 0 Å². The zero-order chi connectivity index (χ0) is 15.5. The van der Waals surface area contributed by atoms with Crippen molar-refractivity contribution in [3.8, 4) is 0 Å². The van der Waals surface area contributed by atoms with E-state index in [0.29, 0.717) is 24.6 Å². The standard InChI is InChI=1S/C15H24N2O3S/c1-12-4-7-15(10-13(12)11-16-2)21(18,19)17(8-9-20-3)14-5-6-14/h4,7,10,14,16H,5-6,8-9,11H2,1-3H3. The van der Waals surface area contributed by atoms with Gasteiger partial charge in [-0.2, -0.15) is 4.31 Å². The van der Waals surface area contributed by atoms with Crippen molar-refractivity contribution < 1.29 is 13.2 Å². The van der Waals surface area contributed by atoms with Crippen LogP contribution in [0.3, 0.4) is 0 Å². The second kappa shape index (κ2) is 6.87. The van der Waals surface area contributed by atoms with E-state index in [0.717, 1.165) is 24.0 Å². The van der Waals surface area contributed by atoms with Crippen molar-refractivity contribution in [3.63, 3.8) is 0 Å². The van der Waals surface area contributed by atoms with Gasteiger partial charge in [0.05, 0.1) is 11.5 Å². The van der Waals surface area contributed by atoms with E-state index >= 15 is 0 Å². The van der Waals surface area contributed by atoms with Crippen LogP contribution in [0.15, 0.2) is 23.1 Å². The molecule has 6 heteroatoms. The Morgan fingerprint density at radius 2 is 2.10 bits per heavy atom. The summed E-state index contributed by atoms with van der Waals surface area (Å²) in [6, 6.07) is 5.50. The number of hydrogen-bond donors (Lipinski definition) is 1. The monoisotopic (exact) mass is 312 g/mol. The molecule has 0 unspecified atom stereocenters. The van der Waals surface area contributed by atoms with Crippen molar-refractivity contribution in [2.75, 3.05) is 27.3 Å². The highest BCUT2D eigenvalue weighted by molar-refractivity contribution is 7.89. The topological polar surface area (TPSA) is 58.6 Å². The second-order valence-corrected chi connectivity index (χ2v) is 7.35. The minimum Gasteiger partial charge on any atom is -0.383 e. The molecule has 21 heavy (non-hydrogen) atoms. The van der Waals surface area contributed by atoms with E-state index in [1.807, 2.05) is 20.0 Å². The number of aryl methyl sites for hydroxylation is 1. The van der Waals surface area contributed by atoms with Crippen LogP contribution in [-0.4, -0.2) is 46.1 Å². The molecule has 0 amide bonds. The molecule has 1 aliphatic rings. The smallest absolute Gasteiger partial charge is 0.243 e. The normalized spacial score (nSPS) is 15.6. The number of sulfonamides is 1. The Bertz CT molecular complexity index is 583. The molecule has 0 spiro atoms. The lowest BCUT2D eigenvalue weighted by Gasteiger charge is -2.22. The highest BCUT2D eigenvalue weighted by Crippen LogP contribution is 2.32. The summed E-state index contributed by atoms with van der Waals surface area (Å²) < 4.78 is 32.3. The maximum absolute atomic E-state index is 12.8. The number of methoxy groups -OCH3 is 1. The first-order chi connectivity index (χ1) is 10.0. The van der Waals surface area contributed by atoms with E-state index in [1.165, 1.54) is 0 Å². The molecule has 1 N–H and O–H groups in total. The zero-order valence-corrected chi connectivity index (χ0v) is 13.7. The summed E-state index contributed by atoms with van der Waals surface area (Å²) in [5.41, 5.74) is 2.11. The van der Waals surface area contributed by atoms with Crippen LogP contribution in [0, 0.1) is 6.92 Å². The Balaban J connectivity index is 2.30. The Kier molecular flexibility index (Phi) is 5.37. The number of ether oxygens (including phenoxy) is 1. The maximum Gasteiger partial charge on any atom is 0.243 e. The van der Waals surface area contributed by atoms with Crippen molar-refractivity contribution >= 4 is 10.0 Å². The summed E-state index contributed by atoms with van der Waals surface area (Å²) in [6.45, 7) is 3.49. The number of rotatable bonds is 8. The van der Waals surface area contributed by atoms with Crippen molar-refractivity contribution in [1.82, 2.24) is 9.62 Å². The maximum atomic E-state index is 12.8. The number of benzene rings is 1. The summed E-state index contributed by atoms with van der Waals surface area (Å²) in [5, 5.41) is 3.07. The van der Waals surface area contributed by atoms with E-state index in [1.54, 1.807) is 23.5 Å². The van der Waals surface area contributed by atoms with Gasteiger partial charge in [-0.25, -0.2) is 8.42 Å². The van der Waals surface area contributed by atoms with Crippen molar-refractivity contribution in [2.24, 2.45) is 0 Å². The van der Waals surface area contributed by atoms with E-state index in [2.05, 4.69) is 5.32 Å². The van der Waals surface area contributed by atoms with Crippen LogP contribution >= 0.6 is 0 Å². The van der Waals surface area contributed by atoms with Gasteiger partial charge in [0.15, 0.2) is 0 Å². The molecule has 2 rings (SSSR count). The molecule has 0 radical (unpaired) electrons. The molecule has 0 atom stereocenters. The summed E-state index contributed by atoms with van der Waals surface area (Å²) in [6.07, 6.45) is 1.89. The molecule has 0 saturated heterocycles. The number of nitrogens with zero attached hydrogens (tertiary/aromatic N) is 1. The van der Waals surface area contributed by atoms with Gasteiger partial charge >= 0.3 is 0 Å². The minimum atomic E-state index is -3.44. The van der Waals surface area contributed by atoms with Crippen LogP contribution < -0.4 is 5.32 Å².